The first-order valence-corrected chi connectivity index (χ1v) is 9.76. The smallest absolute Gasteiger partial charge is 0.176 e. The molecule has 0 amide bonds. The maximum Gasteiger partial charge on any atom is 0.176 e. The van der Waals surface area contributed by atoms with Gasteiger partial charge < -0.3 is 9.64 Å². The maximum atomic E-state index is 13.3. The summed E-state index contributed by atoms with van der Waals surface area (Å²) < 4.78 is 5.51. The number of carbonyl (C=O) groups excluding carboxylic acids is 1. The first kappa shape index (κ1) is 18.8. The Bertz CT molecular complexity index is 1000. The first-order valence-electron chi connectivity index (χ1n) is 9.76. The molecule has 0 N–H and O–H groups in total. The molecule has 2 fully saturated rings. The molecule has 0 aromatic heterocycles. The number of Topliss-reactive ketones (excluding diaryl/α,β-unsaturated/α-hetero) is 1. The Morgan fingerprint density at radius 2 is 1.90 bits per heavy atom. The van der Waals surface area contributed by atoms with Crippen molar-refractivity contribution in [3.63, 3.8) is 0 Å². The van der Waals surface area contributed by atoms with E-state index in [9.17, 15) is 20.6 Å². The van der Waals surface area contributed by atoms with E-state index in [1.165, 1.54) is 0 Å². The molecule has 1 aromatic carbocycles. The first-order chi connectivity index (χ1) is 14.1. The van der Waals surface area contributed by atoms with Gasteiger partial charge in [0, 0.05) is 18.0 Å². The summed E-state index contributed by atoms with van der Waals surface area (Å²) in [4.78, 5) is 15.1. The van der Waals surface area contributed by atoms with Crippen LogP contribution in [0.4, 0.5) is 0 Å². The summed E-state index contributed by atoms with van der Waals surface area (Å²) >= 11 is 0. The SMILES string of the molecule is CCOc1ccc([C@@H]2[C@H](C(=O)C3CC3)N3C=C(C#N)C=C[C@@H]3C2(C#N)C#N)cc1. The monoisotopic (exact) mass is 384 g/mol. The van der Waals surface area contributed by atoms with Crippen LogP contribution in [0.2, 0.25) is 0 Å². The van der Waals surface area contributed by atoms with Gasteiger partial charge in [-0.05, 0) is 43.5 Å². The van der Waals surface area contributed by atoms with Crippen molar-refractivity contribution in [1.82, 2.24) is 4.90 Å². The van der Waals surface area contributed by atoms with Crippen LogP contribution in [0.1, 0.15) is 31.2 Å². The summed E-state index contributed by atoms with van der Waals surface area (Å²) in [7, 11) is 0. The lowest BCUT2D eigenvalue weighted by atomic mass is 9.69. The second kappa shape index (κ2) is 7.12. The third-order valence-corrected chi connectivity index (χ3v) is 5.98. The van der Waals surface area contributed by atoms with Crippen LogP contribution in [0.25, 0.3) is 0 Å². The molecule has 3 aliphatic rings. The van der Waals surface area contributed by atoms with E-state index in [-0.39, 0.29) is 11.7 Å². The van der Waals surface area contributed by atoms with Crippen LogP contribution in [-0.4, -0.2) is 29.4 Å². The van der Waals surface area contributed by atoms with Crippen LogP contribution < -0.4 is 4.74 Å². The number of nitriles is 3. The van der Waals surface area contributed by atoms with E-state index in [1.807, 2.05) is 19.1 Å². The Morgan fingerprint density at radius 1 is 1.21 bits per heavy atom. The number of hydrogen-bond acceptors (Lipinski definition) is 6. The fourth-order valence-electron chi connectivity index (χ4n) is 4.49. The minimum atomic E-state index is -1.43. The van der Waals surface area contributed by atoms with Crippen LogP contribution in [0, 0.1) is 45.3 Å². The average Bonchev–Trinajstić information content (AvgIpc) is 3.56. The Hall–Kier alpha value is -3.56. The zero-order chi connectivity index (χ0) is 20.6. The molecule has 3 atom stereocenters. The molecule has 0 spiro atoms. The number of hydrogen-bond donors (Lipinski definition) is 0. The maximum absolute atomic E-state index is 13.3. The van der Waals surface area contributed by atoms with Crippen LogP contribution in [0.5, 0.6) is 5.75 Å². The third kappa shape index (κ3) is 2.87. The van der Waals surface area contributed by atoms with Gasteiger partial charge in [0.05, 0.1) is 36.4 Å². The van der Waals surface area contributed by atoms with Crippen LogP contribution >= 0.6 is 0 Å². The number of rotatable bonds is 5. The van der Waals surface area contributed by atoms with Gasteiger partial charge in [0.1, 0.15) is 11.8 Å². The van der Waals surface area contributed by atoms with Crippen molar-refractivity contribution in [2.75, 3.05) is 6.61 Å². The number of ketones is 1. The normalized spacial score (nSPS) is 26.5. The molecule has 6 heteroatoms. The second-order valence-electron chi connectivity index (χ2n) is 7.64. The molecule has 29 heavy (non-hydrogen) atoms. The fraction of sp³-hybridized carbons (Fsp3) is 0.391. The van der Waals surface area contributed by atoms with Gasteiger partial charge in [-0.25, -0.2) is 0 Å². The van der Waals surface area contributed by atoms with E-state index in [4.69, 9.17) is 4.74 Å². The summed E-state index contributed by atoms with van der Waals surface area (Å²) in [5.74, 6) is 0.0855. The van der Waals surface area contributed by atoms with E-state index < -0.39 is 23.4 Å². The van der Waals surface area contributed by atoms with Gasteiger partial charge in [0.25, 0.3) is 0 Å². The van der Waals surface area contributed by atoms with Crippen molar-refractivity contribution in [3.05, 3.63) is 53.8 Å². The molecule has 1 saturated carbocycles. The molecular formula is C23H20N4O2. The molecule has 6 nitrogen and oxygen atoms in total. The molecule has 1 aliphatic carbocycles. The Balaban J connectivity index is 1.87. The minimum absolute atomic E-state index is 0.0381. The fourth-order valence-corrected chi connectivity index (χ4v) is 4.49. The number of fused-ring (bicyclic) bond motifs is 1. The highest BCUT2D eigenvalue weighted by Crippen LogP contribution is 2.54. The second-order valence-corrected chi connectivity index (χ2v) is 7.64. The number of benzene rings is 1. The zero-order valence-corrected chi connectivity index (χ0v) is 16.1. The Kier molecular flexibility index (Phi) is 4.61. The predicted molar refractivity (Wildman–Crippen MR) is 104 cm³/mol. The van der Waals surface area contributed by atoms with Crippen LogP contribution in [0.3, 0.4) is 0 Å². The van der Waals surface area contributed by atoms with E-state index >= 15 is 0 Å². The summed E-state index contributed by atoms with van der Waals surface area (Å²) in [6, 6.07) is 12.6. The van der Waals surface area contributed by atoms with E-state index in [0.29, 0.717) is 17.9 Å². The summed E-state index contributed by atoms with van der Waals surface area (Å²) in [5, 5.41) is 29.6. The lowest BCUT2D eigenvalue weighted by molar-refractivity contribution is -0.124. The number of nitrogens with zero attached hydrogens (tertiary/aromatic N) is 4. The molecule has 144 valence electrons. The minimum Gasteiger partial charge on any atom is -0.494 e. The Morgan fingerprint density at radius 3 is 2.45 bits per heavy atom. The van der Waals surface area contributed by atoms with Gasteiger partial charge in [-0.3, -0.25) is 4.79 Å². The van der Waals surface area contributed by atoms with Gasteiger partial charge in [0.2, 0.25) is 0 Å². The molecule has 0 bridgehead atoms. The number of allylic oxidation sites excluding steroid dienone is 2. The number of carbonyl (C=O) groups is 1. The molecular weight excluding hydrogens is 364 g/mol. The van der Waals surface area contributed by atoms with E-state index in [1.54, 1.807) is 35.4 Å². The molecule has 2 heterocycles. The highest BCUT2D eigenvalue weighted by Gasteiger charge is 2.63. The van der Waals surface area contributed by atoms with Gasteiger partial charge in [0.15, 0.2) is 11.2 Å². The lowest BCUT2D eigenvalue weighted by Crippen LogP contribution is -2.40. The quantitative estimate of drug-likeness (QED) is 0.773. The molecule has 0 radical (unpaired) electrons. The van der Waals surface area contributed by atoms with Crippen molar-refractivity contribution in [2.24, 2.45) is 11.3 Å². The highest BCUT2D eigenvalue weighted by atomic mass is 16.5. The van der Waals surface area contributed by atoms with E-state index in [2.05, 4.69) is 18.2 Å². The predicted octanol–water partition coefficient (Wildman–Crippen LogP) is 3.21. The van der Waals surface area contributed by atoms with Gasteiger partial charge >= 0.3 is 0 Å². The van der Waals surface area contributed by atoms with Gasteiger partial charge in [-0.2, -0.15) is 15.8 Å². The molecule has 1 aromatic rings. The van der Waals surface area contributed by atoms with Gasteiger partial charge in [-0.1, -0.05) is 18.2 Å². The van der Waals surface area contributed by atoms with Crippen molar-refractivity contribution in [1.29, 1.82) is 15.8 Å². The summed E-state index contributed by atoms with van der Waals surface area (Å²) in [6.07, 6.45) is 6.64. The Labute approximate surface area is 169 Å². The largest absolute Gasteiger partial charge is 0.494 e. The lowest BCUT2D eigenvalue weighted by Gasteiger charge is -2.30. The van der Waals surface area contributed by atoms with E-state index in [0.717, 1.165) is 18.4 Å². The molecule has 4 rings (SSSR count). The number of ether oxygens (including phenoxy) is 1. The molecule has 2 aliphatic heterocycles. The average molecular weight is 384 g/mol. The van der Waals surface area contributed by atoms with Crippen LogP contribution in [-0.2, 0) is 4.79 Å². The van der Waals surface area contributed by atoms with Crippen molar-refractivity contribution in [3.8, 4) is 24.0 Å². The summed E-state index contributed by atoms with van der Waals surface area (Å²) in [6.45, 7) is 2.43. The molecule has 0 unspecified atom stereocenters. The van der Waals surface area contributed by atoms with Crippen molar-refractivity contribution < 1.29 is 9.53 Å². The van der Waals surface area contributed by atoms with Crippen LogP contribution in [0.15, 0.2) is 48.2 Å². The topological polar surface area (TPSA) is 101 Å². The van der Waals surface area contributed by atoms with Crippen molar-refractivity contribution >= 4 is 5.78 Å². The zero-order valence-electron chi connectivity index (χ0n) is 16.1. The van der Waals surface area contributed by atoms with Crippen molar-refractivity contribution in [2.45, 2.75) is 37.8 Å². The standard InChI is InChI=1S/C23H20N4O2/c1-2-29-18-8-6-16(7-9-18)20-21(22(28)17-4-5-17)27-12-15(11-24)3-10-19(27)23(20,13-25)14-26/h3,6-10,12,17,19-21H,2,4-5H2,1H3/t19-,20-,21-/m1/s1. The molecule has 1 saturated heterocycles. The summed E-state index contributed by atoms with van der Waals surface area (Å²) in [5.41, 5.74) is -0.270. The van der Waals surface area contributed by atoms with Gasteiger partial charge in [-0.15, -0.1) is 0 Å². The third-order valence-electron chi connectivity index (χ3n) is 5.98. The highest BCUT2D eigenvalue weighted by molar-refractivity contribution is 5.90.